The number of likely N-dealkylation sites (tertiary alicyclic amines) is 2. The molecule has 0 bridgehead atoms. The lowest BCUT2D eigenvalue weighted by molar-refractivity contribution is -0.135. The van der Waals surface area contributed by atoms with Gasteiger partial charge in [0, 0.05) is 19.1 Å². The van der Waals surface area contributed by atoms with Crippen molar-refractivity contribution in [2.24, 2.45) is 11.8 Å². The van der Waals surface area contributed by atoms with Gasteiger partial charge in [0.2, 0.25) is 5.91 Å². The molecule has 2 aromatic carbocycles. The molecular weight excluding hydrogens is 685 g/mol. The fraction of sp³-hybridized carbons (Fsp3) is 0.439. The lowest BCUT2D eigenvalue weighted by Crippen LogP contribution is -2.50. The van der Waals surface area contributed by atoms with Gasteiger partial charge in [-0.1, -0.05) is 88.4 Å². The number of hydrogen-bond donors (Lipinski definition) is 5. The highest BCUT2D eigenvalue weighted by Crippen LogP contribution is 2.34. The summed E-state index contributed by atoms with van der Waals surface area (Å²) in [5.41, 5.74) is 6.01. The number of aromatic amines is 2. The van der Waals surface area contributed by atoms with Crippen molar-refractivity contribution in [1.29, 1.82) is 0 Å². The van der Waals surface area contributed by atoms with Gasteiger partial charge in [-0.3, -0.25) is 9.69 Å². The number of benzene rings is 2. The Morgan fingerprint density at radius 1 is 0.815 bits per heavy atom. The number of aromatic nitrogens is 4. The highest BCUT2D eigenvalue weighted by Gasteiger charge is 2.37. The van der Waals surface area contributed by atoms with Crippen LogP contribution < -0.4 is 10.6 Å². The van der Waals surface area contributed by atoms with Crippen molar-refractivity contribution in [2.45, 2.75) is 77.5 Å². The zero-order valence-electron chi connectivity index (χ0n) is 31.7. The Kier molecular flexibility index (Phi) is 12.2. The summed E-state index contributed by atoms with van der Waals surface area (Å²) < 4.78 is 4.85. The second-order valence-electron chi connectivity index (χ2n) is 14.9. The third-order valence-electron chi connectivity index (χ3n) is 10.6. The maximum Gasteiger partial charge on any atom is 0.407 e. The molecule has 13 heteroatoms. The van der Waals surface area contributed by atoms with E-state index in [0.29, 0.717) is 12.4 Å². The van der Waals surface area contributed by atoms with E-state index in [-0.39, 0.29) is 35.9 Å². The average molecular weight is 737 g/mol. The van der Waals surface area contributed by atoms with Gasteiger partial charge in [0.15, 0.2) is 0 Å². The van der Waals surface area contributed by atoms with E-state index in [2.05, 4.69) is 92.9 Å². The fourth-order valence-electron chi connectivity index (χ4n) is 7.43. The van der Waals surface area contributed by atoms with Gasteiger partial charge in [0.05, 0.1) is 43.0 Å². The zero-order chi connectivity index (χ0) is 38.4. The molecule has 5 N–H and O–H groups in total. The quantitative estimate of drug-likeness (QED) is 0.0905. The monoisotopic (exact) mass is 736 g/mol. The summed E-state index contributed by atoms with van der Waals surface area (Å²) in [7, 11) is 1.39. The summed E-state index contributed by atoms with van der Waals surface area (Å²) in [6.45, 7) is 10.2. The number of hydrogen-bond acceptors (Lipinski definition) is 7. The number of nitrogens with zero attached hydrogens (tertiary/aromatic N) is 4. The van der Waals surface area contributed by atoms with Crippen LogP contribution in [0.2, 0.25) is 0 Å². The smallest absolute Gasteiger partial charge is 0.407 e. The molecule has 286 valence electrons. The van der Waals surface area contributed by atoms with Crippen molar-refractivity contribution < 1.29 is 24.2 Å². The summed E-state index contributed by atoms with van der Waals surface area (Å²) in [5, 5.41) is 14.6. The van der Waals surface area contributed by atoms with Gasteiger partial charge in [-0.05, 0) is 66.3 Å². The van der Waals surface area contributed by atoms with E-state index in [1.54, 1.807) is 11.1 Å². The van der Waals surface area contributed by atoms with Crippen LogP contribution in [0.25, 0.3) is 34.7 Å². The number of imidazole rings is 2. The summed E-state index contributed by atoms with van der Waals surface area (Å²) >= 11 is 0. The first-order chi connectivity index (χ1) is 26.0. The number of H-pyrrole nitrogens is 2. The zero-order valence-corrected chi connectivity index (χ0v) is 31.7. The number of rotatable bonds is 13. The molecule has 2 saturated heterocycles. The number of carboxylic acid groups (broad SMARTS) is 1. The van der Waals surface area contributed by atoms with E-state index in [1.165, 1.54) is 7.11 Å². The standard InChI is InChI=1S/C41H52N8O5/c1-25(2)33(46-41(53)54-5)24-48-20-6-8-34(48)37-42-22-31(44-37)29-16-12-27(13-17-29)10-11-28-14-18-30(19-15-28)32-23-43-38(45-32)35-9-7-21-49(35)39(50)36(26(3)4)47-40(51)52/h10-19,22-23,25-26,33-36,47H,6-9,20-21,24H2,1-5H3,(H,42,44)(H,43,45)(H,46,53)(H,51,52). The predicted octanol–water partition coefficient (Wildman–Crippen LogP) is 7.11. The Morgan fingerprint density at radius 3 is 1.87 bits per heavy atom. The lowest BCUT2D eigenvalue weighted by atomic mass is 10.0. The second-order valence-corrected chi connectivity index (χ2v) is 14.9. The van der Waals surface area contributed by atoms with Crippen LogP contribution in [0.15, 0.2) is 60.9 Å². The normalized spacial score (nSPS) is 18.8. The molecule has 4 heterocycles. The Labute approximate surface area is 316 Å². The molecule has 6 rings (SSSR count). The van der Waals surface area contributed by atoms with Crippen molar-refractivity contribution in [2.75, 3.05) is 26.7 Å². The van der Waals surface area contributed by atoms with Crippen LogP contribution >= 0.6 is 0 Å². The van der Waals surface area contributed by atoms with E-state index < -0.39 is 18.2 Å². The molecule has 0 radical (unpaired) electrons. The maximum atomic E-state index is 13.3. The number of carbonyl (C=O) groups excluding carboxylic acids is 2. The summed E-state index contributed by atoms with van der Waals surface area (Å²) in [6.07, 6.45) is 9.94. The van der Waals surface area contributed by atoms with Crippen molar-refractivity contribution in [3.05, 3.63) is 83.7 Å². The minimum Gasteiger partial charge on any atom is -0.465 e. The predicted molar refractivity (Wildman–Crippen MR) is 208 cm³/mol. The van der Waals surface area contributed by atoms with E-state index in [4.69, 9.17) is 9.72 Å². The van der Waals surface area contributed by atoms with Crippen LogP contribution in [0.1, 0.15) is 88.2 Å². The summed E-state index contributed by atoms with van der Waals surface area (Å²) in [4.78, 5) is 57.1. The van der Waals surface area contributed by atoms with Gasteiger partial charge in [-0.2, -0.15) is 0 Å². The first-order valence-corrected chi connectivity index (χ1v) is 18.9. The number of nitrogens with one attached hydrogen (secondary N) is 4. The van der Waals surface area contributed by atoms with Gasteiger partial charge in [-0.15, -0.1) is 0 Å². The van der Waals surface area contributed by atoms with E-state index in [1.807, 2.05) is 32.2 Å². The summed E-state index contributed by atoms with van der Waals surface area (Å²) in [6, 6.07) is 15.7. The maximum absolute atomic E-state index is 13.3. The molecule has 3 amide bonds. The van der Waals surface area contributed by atoms with Crippen molar-refractivity contribution in [3.63, 3.8) is 0 Å². The van der Waals surface area contributed by atoms with Crippen molar-refractivity contribution >= 4 is 30.2 Å². The van der Waals surface area contributed by atoms with Crippen LogP contribution in [0, 0.1) is 11.8 Å². The molecule has 2 aliphatic heterocycles. The van der Waals surface area contributed by atoms with Crippen LogP contribution in [0.3, 0.4) is 0 Å². The number of methoxy groups -OCH3 is 1. The Balaban J connectivity index is 1.05. The molecule has 4 unspecified atom stereocenters. The SMILES string of the molecule is COC(=O)NC(CN1CCCC1c1ncc(-c2ccc(C=Cc3ccc(-c4cnc(C5CCCN5C(=O)C(NC(=O)O)C(C)C)[nH]4)cc3)cc2)[nH]1)C(C)C. The molecule has 0 saturated carbocycles. The number of amides is 3. The molecular formula is C41H52N8O5. The first-order valence-electron chi connectivity index (χ1n) is 18.9. The van der Waals surface area contributed by atoms with Crippen LogP contribution in [0.5, 0.6) is 0 Å². The molecule has 0 spiro atoms. The molecule has 2 aliphatic rings. The second kappa shape index (κ2) is 17.1. The molecule has 4 atom stereocenters. The minimum atomic E-state index is -1.20. The summed E-state index contributed by atoms with van der Waals surface area (Å²) in [5.74, 6) is 1.53. The average Bonchev–Trinajstić information content (AvgIpc) is 4.00. The molecule has 13 nitrogen and oxygen atoms in total. The molecule has 4 aromatic rings. The molecule has 0 aliphatic carbocycles. The number of ether oxygens (including phenoxy) is 1. The van der Waals surface area contributed by atoms with E-state index >= 15 is 0 Å². The lowest BCUT2D eigenvalue weighted by Gasteiger charge is -2.30. The van der Waals surface area contributed by atoms with Gasteiger partial charge in [0.1, 0.15) is 17.7 Å². The van der Waals surface area contributed by atoms with Crippen LogP contribution in [-0.2, 0) is 9.53 Å². The highest BCUT2D eigenvalue weighted by molar-refractivity contribution is 5.86. The van der Waals surface area contributed by atoms with E-state index in [0.717, 1.165) is 78.2 Å². The van der Waals surface area contributed by atoms with Gasteiger partial charge in [0.25, 0.3) is 0 Å². The Morgan fingerprint density at radius 2 is 1.35 bits per heavy atom. The van der Waals surface area contributed by atoms with Crippen molar-refractivity contribution in [3.8, 4) is 22.5 Å². The van der Waals surface area contributed by atoms with Crippen LogP contribution in [-0.4, -0.2) is 91.8 Å². The topological polar surface area (TPSA) is 169 Å². The van der Waals surface area contributed by atoms with Crippen LogP contribution in [0.4, 0.5) is 9.59 Å². The van der Waals surface area contributed by atoms with Gasteiger partial charge in [-0.25, -0.2) is 19.6 Å². The highest BCUT2D eigenvalue weighted by atomic mass is 16.5. The number of carbonyl (C=O) groups is 3. The first kappa shape index (κ1) is 38.3. The van der Waals surface area contributed by atoms with E-state index in [9.17, 15) is 19.5 Å². The third kappa shape index (κ3) is 9.02. The van der Waals surface area contributed by atoms with Crippen molar-refractivity contribution in [1.82, 2.24) is 40.4 Å². The number of alkyl carbamates (subject to hydrolysis) is 1. The molecule has 54 heavy (non-hydrogen) atoms. The molecule has 2 fully saturated rings. The Hall–Kier alpha value is -5.43. The largest absolute Gasteiger partial charge is 0.465 e. The Bertz CT molecular complexity index is 1920. The van der Waals surface area contributed by atoms with Gasteiger partial charge < -0.3 is 35.3 Å². The fourth-order valence-corrected chi connectivity index (χ4v) is 7.43. The molecule has 2 aromatic heterocycles. The third-order valence-corrected chi connectivity index (χ3v) is 10.6. The minimum absolute atomic E-state index is 0.0145. The van der Waals surface area contributed by atoms with Gasteiger partial charge >= 0.3 is 12.2 Å².